The highest BCUT2D eigenvalue weighted by Gasteiger charge is 2.25. The Kier molecular flexibility index (Phi) is 17.7. The van der Waals surface area contributed by atoms with Crippen molar-refractivity contribution in [2.75, 3.05) is 6.61 Å². The third-order valence-corrected chi connectivity index (χ3v) is 6.68. The Hall–Kier alpha value is -1.06. The normalized spacial score (nSPS) is 15.2. The zero-order valence-electron chi connectivity index (χ0n) is 20.7. The molecule has 0 aliphatic heterocycles. The molecular weight excluding hydrogens is 386 g/mol. The fraction of sp³-hybridized carbons (Fsp3) is 0.926. The Balaban J connectivity index is 1.80. The monoisotopic (exact) mass is 437 g/mol. The van der Waals surface area contributed by atoms with E-state index in [1.54, 1.807) is 6.92 Å². The van der Waals surface area contributed by atoms with Gasteiger partial charge in [-0.05, 0) is 26.2 Å². The molecular formula is C27H51NO3. The van der Waals surface area contributed by atoms with Gasteiger partial charge in [-0.1, -0.05) is 116 Å². The van der Waals surface area contributed by atoms with Gasteiger partial charge in [0.1, 0.15) is 6.04 Å². The molecule has 0 heterocycles. The largest absolute Gasteiger partial charge is 0.464 e. The summed E-state index contributed by atoms with van der Waals surface area (Å²) in [5.41, 5.74) is 0. The van der Waals surface area contributed by atoms with Crippen LogP contribution in [0.2, 0.25) is 0 Å². The number of esters is 1. The number of amides is 1. The number of unbranched alkanes of at least 4 members (excludes halogenated alkanes) is 15. The molecule has 1 aliphatic carbocycles. The van der Waals surface area contributed by atoms with Gasteiger partial charge in [0.15, 0.2) is 0 Å². The van der Waals surface area contributed by atoms with E-state index in [-0.39, 0.29) is 17.8 Å². The van der Waals surface area contributed by atoms with Gasteiger partial charge in [-0.3, -0.25) is 4.79 Å². The van der Waals surface area contributed by atoms with Gasteiger partial charge in [-0.2, -0.15) is 0 Å². The van der Waals surface area contributed by atoms with E-state index in [1.807, 2.05) is 0 Å². The van der Waals surface area contributed by atoms with Crippen molar-refractivity contribution >= 4 is 11.9 Å². The number of carbonyl (C=O) groups is 2. The Morgan fingerprint density at radius 2 is 1.16 bits per heavy atom. The second-order valence-electron chi connectivity index (χ2n) is 9.68. The molecule has 0 radical (unpaired) electrons. The third kappa shape index (κ3) is 15.4. The molecule has 1 unspecified atom stereocenters. The van der Waals surface area contributed by atoms with E-state index < -0.39 is 6.04 Å². The van der Waals surface area contributed by atoms with Crippen molar-refractivity contribution in [3.05, 3.63) is 0 Å². The highest BCUT2D eigenvalue weighted by atomic mass is 16.5. The summed E-state index contributed by atoms with van der Waals surface area (Å²) in [5, 5.41) is 2.81. The molecule has 31 heavy (non-hydrogen) atoms. The number of carbonyl (C=O) groups excluding carboxylic acids is 2. The smallest absolute Gasteiger partial charge is 0.328 e. The lowest BCUT2D eigenvalue weighted by molar-refractivity contribution is -0.147. The van der Waals surface area contributed by atoms with Crippen molar-refractivity contribution in [2.45, 2.75) is 148 Å². The van der Waals surface area contributed by atoms with Gasteiger partial charge >= 0.3 is 5.97 Å². The molecule has 4 heteroatoms. The molecule has 182 valence electrons. The quantitative estimate of drug-likeness (QED) is 0.159. The minimum atomic E-state index is -0.533. The molecule has 1 rings (SSSR count). The molecule has 1 amide bonds. The van der Waals surface area contributed by atoms with E-state index in [9.17, 15) is 9.59 Å². The Morgan fingerprint density at radius 1 is 0.742 bits per heavy atom. The fourth-order valence-electron chi connectivity index (χ4n) is 4.53. The molecule has 0 aromatic carbocycles. The number of rotatable bonds is 20. The van der Waals surface area contributed by atoms with Crippen LogP contribution in [0.15, 0.2) is 0 Å². The predicted octanol–water partition coefficient (Wildman–Crippen LogP) is 7.49. The van der Waals surface area contributed by atoms with Crippen LogP contribution in [-0.2, 0) is 14.3 Å². The van der Waals surface area contributed by atoms with Crippen molar-refractivity contribution in [2.24, 2.45) is 5.92 Å². The highest BCUT2D eigenvalue weighted by Crippen LogP contribution is 2.24. The van der Waals surface area contributed by atoms with E-state index in [2.05, 4.69) is 12.2 Å². The van der Waals surface area contributed by atoms with Crippen LogP contribution in [-0.4, -0.2) is 24.5 Å². The molecule has 0 aromatic heterocycles. The number of hydrogen-bond donors (Lipinski definition) is 1. The second kappa shape index (κ2) is 19.6. The molecule has 1 N–H and O–H groups in total. The molecule has 1 aliphatic rings. The van der Waals surface area contributed by atoms with Gasteiger partial charge in [0, 0.05) is 5.92 Å². The lowest BCUT2D eigenvalue weighted by atomic mass is 10.0. The Labute approximate surface area is 192 Å². The lowest BCUT2D eigenvalue weighted by Crippen LogP contribution is -2.42. The molecule has 4 nitrogen and oxygen atoms in total. The van der Waals surface area contributed by atoms with Crippen LogP contribution in [0.3, 0.4) is 0 Å². The van der Waals surface area contributed by atoms with Crippen molar-refractivity contribution < 1.29 is 14.3 Å². The molecule has 1 saturated carbocycles. The van der Waals surface area contributed by atoms with Crippen LogP contribution < -0.4 is 5.32 Å². The van der Waals surface area contributed by atoms with Crippen LogP contribution in [0.1, 0.15) is 142 Å². The van der Waals surface area contributed by atoms with Gasteiger partial charge in [0.05, 0.1) is 6.61 Å². The first-order chi connectivity index (χ1) is 15.1. The van der Waals surface area contributed by atoms with Gasteiger partial charge < -0.3 is 10.1 Å². The average Bonchev–Trinajstić information content (AvgIpc) is 3.31. The summed E-state index contributed by atoms with van der Waals surface area (Å²) in [5.74, 6) is -0.188. The second-order valence-corrected chi connectivity index (χ2v) is 9.68. The zero-order chi connectivity index (χ0) is 22.6. The van der Waals surface area contributed by atoms with Gasteiger partial charge in [-0.25, -0.2) is 4.79 Å². The van der Waals surface area contributed by atoms with E-state index in [4.69, 9.17) is 4.74 Å². The average molecular weight is 438 g/mol. The van der Waals surface area contributed by atoms with Crippen LogP contribution in [0.4, 0.5) is 0 Å². The maximum atomic E-state index is 12.1. The number of nitrogens with one attached hydrogen (secondary N) is 1. The first-order valence-corrected chi connectivity index (χ1v) is 13.6. The number of hydrogen-bond acceptors (Lipinski definition) is 3. The molecule has 1 atom stereocenters. The zero-order valence-corrected chi connectivity index (χ0v) is 20.7. The molecule has 1 fully saturated rings. The minimum Gasteiger partial charge on any atom is -0.464 e. The summed E-state index contributed by atoms with van der Waals surface area (Å²) in [4.78, 5) is 24.1. The molecule has 0 bridgehead atoms. The Bertz CT molecular complexity index is 446. The third-order valence-electron chi connectivity index (χ3n) is 6.68. The number of ether oxygens (including phenoxy) is 1. The SMILES string of the molecule is CCCCCCCCCCCCCCCCCCOC(=O)C(C)NC(=O)C1CCCC1. The molecule has 0 aromatic rings. The highest BCUT2D eigenvalue weighted by molar-refractivity contribution is 5.85. The molecule has 0 saturated heterocycles. The maximum Gasteiger partial charge on any atom is 0.328 e. The minimum absolute atomic E-state index is 0.0179. The van der Waals surface area contributed by atoms with Crippen LogP contribution in [0.25, 0.3) is 0 Å². The van der Waals surface area contributed by atoms with E-state index in [0.717, 1.165) is 38.5 Å². The summed E-state index contributed by atoms with van der Waals surface area (Å²) in [7, 11) is 0. The van der Waals surface area contributed by atoms with Crippen molar-refractivity contribution in [3.8, 4) is 0 Å². The first-order valence-electron chi connectivity index (χ1n) is 13.6. The van der Waals surface area contributed by atoms with Crippen molar-refractivity contribution in [1.82, 2.24) is 5.32 Å². The maximum absolute atomic E-state index is 12.1. The topological polar surface area (TPSA) is 55.4 Å². The van der Waals surface area contributed by atoms with Crippen LogP contribution in [0, 0.1) is 5.92 Å². The summed E-state index contributed by atoms with van der Waals surface area (Å²) in [6, 6.07) is -0.533. The predicted molar refractivity (Wildman–Crippen MR) is 130 cm³/mol. The van der Waals surface area contributed by atoms with Gasteiger partial charge in [0.25, 0.3) is 0 Å². The van der Waals surface area contributed by atoms with Crippen molar-refractivity contribution in [1.29, 1.82) is 0 Å². The summed E-state index contributed by atoms with van der Waals surface area (Å²) in [6.07, 6.45) is 25.5. The van der Waals surface area contributed by atoms with Crippen molar-refractivity contribution in [3.63, 3.8) is 0 Å². The summed E-state index contributed by atoms with van der Waals surface area (Å²) >= 11 is 0. The van der Waals surface area contributed by atoms with Crippen LogP contribution >= 0.6 is 0 Å². The standard InChI is InChI=1S/C27H51NO3/c1-3-4-5-6-7-8-9-10-11-12-13-14-15-16-17-20-23-31-27(30)24(2)28-26(29)25-21-18-19-22-25/h24-25H,3-23H2,1-2H3,(H,28,29). The van der Waals surface area contributed by atoms with E-state index in [1.165, 1.54) is 89.9 Å². The first kappa shape index (κ1) is 28.0. The summed E-state index contributed by atoms with van der Waals surface area (Å²) < 4.78 is 5.33. The lowest BCUT2D eigenvalue weighted by Gasteiger charge is -2.16. The Morgan fingerprint density at radius 3 is 1.61 bits per heavy atom. The van der Waals surface area contributed by atoms with E-state index in [0.29, 0.717) is 6.61 Å². The van der Waals surface area contributed by atoms with E-state index >= 15 is 0 Å². The molecule has 0 spiro atoms. The fourth-order valence-corrected chi connectivity index (χ4v) is 4.53. The van der Waals surface area contributed by atoms with Gasteiger partial charge in [-0.15, -0.1) is 0 Å². The van der Waals surface area contributed by atoms with Gasteiger partial charge in [0.2, 0.25) is 5.91 Å². The summed E-state index contributed by atoms with van der Waals surface area (Å²) in [6.45, 7) is 4.48. The van der Waals surface area contributed by atoms with Crippen LogP contribution in [0.5, 0.6) is 0 Å².